The molecule has 0 bridgehead atoms. The minimum absolute atomic E-state index is 0.0590. The van der Waals surface area contributed by atoms with Crippen molar-refractivity contribution in [2.45, 2.75) is 30.3 Å². The highest BCUT2D eigenvalue weighted by atomic mass is 32.2. The molecule has 0 spiro atoms. The van der Waals surface area contributed by atoms with Gasteiger partial charge in [-0.2, -0.15) is 0 Å². The van der Waals surface area contributed by atoms with Crippen molar-refractivity contribution < 1.29 is 4.79 Å². The number of rotatable bonds is 4. The average Bonchev–Trinajstić information content (AvgIpc) is 3.09. The van der Waals surface area contributed by atoms with Gasteiger partial charge in [0.1, 0.15) is 16.2 Å². The molecule has 1 aromatic carbocycles. The molecule has 0 radical (unpaired) electrons. The molecule has 1 unspecified atom stereocenters. The highest BCUT2D eigenvalue weighted by Gasteiger charge is 2.21. The summed E-state index contributed by atoms with van der Waals surface area (Å²) in [5, 5.41) is 7.10. The summed E-state index contributed by atoms with van der Waals surface area (Å²) >= 11 is 3.07. The van der Waals surface area contributed by atoms with Crippen molar-refractivity contribution in [2.75, 3.05) is 5.75 Å². The van der Waals surface area contributed by atoms with Crippen LogP contribution in [0.3, 0.4) is 0 Å². The number of aromatic nitrogens is 2. The molecule has 0 fully saturated rings. The van der Waals surface area contributed by atoms with E-state index in [1.165, 1.54) is 22.9 Å². The lowest BCUT2D eigenvalue weighted by molar-refractivity contribution is -0.119. The SMILES string of the molecule is O=C(CSc1ncnc2sccc12)NC1CCCc2ccccc21. The second kappa shape index (κ2) is 6.91. The van der Waals surface area contributed by atoms with Gasteiger partial charge in [0.15, 0.2) is 0 Å². The van der Waals surface area contributed by atoms with Crippen LogP contribution in [0.4, 0.5) is 0 Å². The fourth-order valence-electron chi connectivity index (χ4n) is 3.16. The second-order valence-corrected chi connectivity index (χ2v) is 7.68. The molecule has 1 atom stereocenters. The van der Waals surface area contributed by atoms with Crippen LogP contribution in [0.1, 0.15) is 30.0 Å². The lowest BCUT2D eigenvalue weighted by Crippen LogP contribution is -2.32. The third-order valence-electron chi connectivity index (χ3n) is 4.27. The summed E-state index contributed by atoms with van der Waals surface area (Å²) < 4.78 is 0. The Morgan fingerprint density at radius 1 is 1.29 bits per heavy atom. The monoisotopic (exact) mass is 355 g/mol. The van der Waals surface area contributed by atoms with Crippen LogP contribution in [0.5, 0.6) is 0 Å². The number of hydrogen-bond donors (Lipinski definition) is 1. The van der Waals surface area contributed by atoms with Crippen molar-refractivity contribution >= 4 is 39.2 Å². The van der Waals surface area contributed by atoms with Crippen molar-refractivity contribution in [2.24, 2.45) is 0 Å². The van der Waals surface area contributed by atoms with Crippen LogP contribution in [0.15, 0.2) is 47.1 Å². The Bertz CT molecular complexity index is 877. The minimum atomic E-state index is 0.0590. The lowest BCUT2D eigenvalue weighted by Gasteiger charge is -2.26. The van der Waals surface area contributed by atoms with Crippen LogP contribution in [0.25, 0.3) is 10.2 Å². The third kappa shape index (κ3) is 3.16. The topological polar surface area (TPSA) is 54.9 Å². The molecule has 6 heteroatoms. The fourth-order valence-corrected chi connectivity index (χ4v) is 4.75. The Balaban J connectivity index is 1.42. The summed E-state index contributed by atoms with van der Waals surface area (Å²) in [7, 11) is 0. The average molecular weight is 355 g/mol. The van der Waals surface area contributed by atoms with Crippen molar-refractivity contribution in [3.05, 3.63) is 53.2 Å². The summed E-state index contributed by atoms with van der Waals surface area (Å²) in [5.74, 6) is 0.435. The number of thiophene rings is 1. The van der Waals surface area contributed by atoms with Crippen molar-refractivity contribution in [1.29, 1.82) is 0 Å². The Kier molecular flexibility index (Phi) is 4.49. The van der Waals surface area contributed by atoms with Crippen LogP contribution >= 0.6 is 23.1 Å². The normalized spacial score (nSPS) is 16.8. The van der Waals surface area contributed by atoms with Gasteiger partial charge in [-0.25, -0.2) is 9.97 Å². The molecular formula is C18H17N3OS2. The maximum atomic E-state index is 12.4. The molecule has 0 saturated heterocycles. The van der Waals surface area contributed by atoms with E-state index in [-0.39, 0.29) is 11.9 Å². The third-order valence-corrected chi connectivity index (χ3v) is 6.10. The first-order chi connectivity index (χ1) is 11.8. The molecule has 4 nitrogen and oxygen atoms in total. The molecule has 0 saturated carbocycles. The number of aryl methyl sites for hydroxylation is 1. The van der Waals surface area contributed by atoms with E-state index in [4.69, 9.17) is 0 Å². The van der Waals surface area contributed by atoms with Crippen LogP contribution in [-0.2, 0) is 11.2 Å². The van der Waals surface area contributed by atoms with Crippen LogP contribution < -0.4 is 5.32 Å². The second-order valence-electron chi connectivity index (χ2n) is 5.82. The molecular weight excluding hydrogens is 338 g/mol. The first-order valence-corrected chi connectivity index (χ1v) is 9.86. The van der Waals surface area contributed by atoms with E-state index in [0.717, 1.165) is 34.5 Å². The maximum absolute atomic E-state index is 12.4. The smallest absolute Gasteiger partial charge is 0.230 e. The summed E-state index contributed by atoms with van der Waals surface area (Å²) in [4.78, 5) is 21.9. The van der Waals surface area contributed by atoms with Gasteiger partial charge in [-0.1, -0.05) is 36.0 Å². The first kappa shape index (κ1) is 15.6. The van der Waals surface area contributed by atoms with Gasteiger partial charge in [-0.15, -0.1) is 11.3 Å². The Hall–Kier alpha value is -1.92. The van der Waals surface area contributed by atoms with E-state index in [1.54, 1.807) is 17.7 Å². The molecule has 1 aliphatic rings. The quantitative estimate of drug-likeness (QED) is 0.568. The van der Waals surface area contributed by atoms with Gasteiger partial charge < -0.3 is 5.32 Å². The van der Waals surface area contributed by atoms with E-state index >= 15 is 0 Å². The summed E-state index contributed by atoms with van der Waals surface area (Å²) in [6.45, 7) is 0. The zero-order valence-corrected chi connectivity index (χ0v) is 14.7. The van der Waals surface area contributed by atoms with E-state index in [9.17, 15) is 4.79 Å². The Morgan fingerprint density at radius 3 is 3.17 bits per heavy atom. The summed E-state index contributed by atoms with van der Waals surface area (Å²) in [6.07, 6.45) is 4.80. The van der Waals surface area contributed by atoms with Crippen molar-refractivity contribution in [3.63, 3.8) is 0 Å². The van der Waals surface area contributed by atoms with Crippen LogP contribution in [0.2, 0.25) is 0 Å². The van der Waals surface area contributed by atoms with E-state index in [1.807, 2.05) is 17.5 Å². The van der Waals surface area contributed by atoms with Gasteiger partial charge in [0, 0.05) is 5.39 Å². The highest BCUT2D eigenvalue weighted by Crippen LogP contribution is 2.30. The van der Waals surface area contributed by atoms with Gasteiger partial charge in [0.05, 0.1) is 11.8 Å². The molecule has 4 rings (SSSR count). The van der Waals surface area contributed by atoms with Gasteiger partial charge in [-0.3, -0.25) is 4.79 Å². The Labute approximate surface area is 148 Å². The van der Waals surface area contributed by atoms with E-state index < -0.39 is 0 Å². The van der Waals surface area contributed by atoms with Crippen molar-refractivity contribution in [1.82, 2.24) is 15.3 Å². The molecule has 1 aliphatic carbocycles. The minimum Gasteiger partial charge on any atom is -0.349 e. The number of fused-ring (bicyclic) bond motifs is 2. The van der Waals surface area contributed by atoms with Gasteiger partial charge in [0.2, 0.25) is 5.91 Å². The molecule has 0 aliphatic heterocycles. The van der Waals surface area contributed by atoms with E-state index in [2.05, 4.69) is 33.5 Å². The number of nitrogens with one attached hydrogen (secondary N) is 1. The molecule has 3 aromatic rings. The highest BCUT2D eigenvalue weighted by molar-refractivity contribution is 8.00. The van der Waals surface area contributed by atoms with Crippen LogP contribution in [0, 0.1) is 0 Å². The van der Waals surface area contributed by atoms with Gasteiger partial charge >= 0.3 is 0 Å². The molecule has 1 N–H and O–H groups in total. The fraction of sp³-hybridized carbons (Fsp3) is 0.278. The van der Waals surface area contributed by atoms with Gasteiger partial charge in [-0.05, 0) is 41.8 Å². The molecule has 2 aromatic heterocycles. The van der Waals surface area contributed by atoms with Crippen LogP contribution in [-0.4, -0.2) is 21.6 Å². The maximum Gasteiger partial charge on any atom is 0.230 e. The lowest BCUT2D eigenvalue weighted by atomic mass is 9.88. The number of carbonyl (C=O) groups is 1. The number of thioether (sulfide) groups is 1. The summed E-state index contributed by atoms with van der Waals surface area (Å²) in [5.41, 5.74) is 2.63. The predicted octanol–water partition coefficient (Wildman–Crippen LogP) is 3.98. The predicted molar refractivity (Wildman–Crippen MR) is 98.4 cm³/mol. The zero-order valence-electron chi connectivity index (χ0n) is 13.1. The summed E-state index contributed by atoms with van der Waals surface area (Å²) in [6, 6.07) is 10.6. The molecule has 24 heavy (non-hydrogen) atoms. The molecule has 1 amide bonds. The Morgan fingerprint density at radius 2 is 2.21 bits per heavy atom. The number of benzene rings is 1. The van der Waals surface area contributed by atoms with Crippen molar-refractivity contribution in [3.8, 4) is 0 Å². The van der Waals surface area contributed by atoms with Gasteiger partial charge in [0.25, 0.3) is 0 Å². The standard InChI is InChI=1S/C18H17N3OS2/c22-16(10-24-18-14-8-9-23-17(14)19-11-20-18)21-15-7-3-5-12-4-1-2-6-13(12)15/h1-2,4,6,8-9,11,15H,3,5,7,10H2,(H,21,22). The molecule has 122 valence electrons. The number of nitrogens with zero attached hydrogens (tertiary/aromatic N) is 2. The number of carbonyl (C=O) groups excluding carboxylic acids is 1. The van der Waals surface area contributed by atoms with E-state index in [0.29, 0.717) is 5.75 Å². The molecule has 2 heterocycles. The number of hydrogen-bond acceptors (Lipinski definition) is 5. The first-order valence-electron chi connectivity index (χ1n) is 7.99. The number of amides is 1. The zero-order chi connectivity index (χ0) is 16.4. The largest absolute Gasteiger partial charge is 0.349 e.